The van der Waals surface area contributed by atoms with Gasteiger partial charge in [-0.25, -0.2) is 0 Å². The highest BCUT2D eigenvalue weighted by molar-refractivity contribution is 4.66. The van der Waals surface area contributed by atoms with Gasteiger partial charge in [0.25, 0.3) is 0 Å². The van der Waals surface area contributed by atoms with E-state index in [0.29, 0.717) is 0 Å². The van der Waals surface area contributed by atoms with Crippen LogP contribution in [0.15, 0.2) is 0 Å². The Morgan fingerprint density at radius 2 is 0.784 bits per heavy atom. The molecule has 0 aromatic carbocycles. The Morgan fingerprint density at radius 1 is 0.378 bits per heavy atom. The topological polar surface area (TPSA) is 20.2 Å². The Kier molecular flexibility index (Phi) is 32.2. The van der Waals surface area contributed by atoms with Crippen LogP contribution in [-0.2, 0) is 0 Å². The van der Waals surface area contributed by atoms with Crippen molar-refractivity contribution in [2.45, 2.75) is 209 Å². The molecule has 0 heterocycles. The second kappa shape index (κ2) is 30.5. The van der Waals surface area contributed by atoms with Gasteiger partial charge >= 0.3 is 0 Å². The molecule has 226 valence electrons. The van der Waals surface area contributed by atoms with Gasteiger partial charge < -0.3 is 5.11 Å². The van der Waals surface area contributed by atoms with Crippen LogP contribution in [0.3, 0.4) is 0 Å². The van der Waals surface area contributed by atoms with Gasteiger partial charge in [-0.2, -0.15) is 0 Å². The fourth-order valence-electron chi connectivity index (χ4n) is 6.10. The summed E-state index contributed by atoms with van der Waals surface area (Å²) in [6.45, 7) is 18.5. The van der Waals surface area contributed by atoms with Gasteiger partial charge in [0.2, 0.25) is 0 Å². The summed E-state index contributed by atoms with van der Waals surface area (Å²) in [7, 11) is 0. The van der Waals surface area contributed by atoms with Crippen LogP contribution in [0.4, 0.5) is 0 Å². The van der Waals surface area contributed by atoms with E-state index in [4.69, 9.17) is 0 Å². The highest BCUT2D eigenvalue weighted by Crippen LogP contribution is 2.26. The molecule has 0 rings (SSSR count). The minimum atomic E-state index is -0.0551. The van der Waals surface area contributed by atoms with E-state index in [0.717, 1.165) is 36.5 Å². The SMILES string of the molecule is CCCC(CC)CCCCC(CCC)CCCC(O)CCCC(CCC)CCC.CCCCC(C)CC. The quantitative estimate of drug-likeness (QED) is 0.111. The zero-order chi connectivity index (χ0) is 28.2. The first-order valence-corrected chi connectivity index (χ1v) is 17.6. The van der Waals surface area contributed by atoms with E-state index < -0.39 is 0 Å². The van der Waals surface area contributed by atoms with Crippen molar-refractivity contribution in [3.05, 3.63) is 0 Å². The van der Waals surface area contributed by atoms with E-state index >= 15 is 0 Å². The second-order valence-electron chi connectivity index (χ2n) is 12.6. The molecule has 0 fully saturated rings. The summed E-state index contributed by atoms with van der Waals surface area (Å²) in [5, 5.41) is 10.4. The Balaban J connectivity index is 0. The van der Waals surface area contributed by atoms with Crippen LogP contribution in [-0.4, -0.2) is 11.2 Å². The molecular formula is C36H76O. The molecule has 1 nitrogen and oxygen atoms in total. The molecule has 0 spiro atoms. The molecule has 0 radical (unpaired) electrons. The first-order valence-electron chi connectivity index (χ1n) is 17.6. The average Bonchev–Trinajstić information content (AvgIpc) is 2.89. The summed E-state index contributed by atoms with van der Waals surface area (Å²) in [6.07, 6.45) is 30.6. The lowest BCUT2D eigenvalue weighted by atomic mass is 9.88. The Morgan fingerprint density at radius 3 is 1.19 bits per heavy atom. The standard InChI is InChI=1S/C28H58O.C8H18/c1-6-15-25(10-5)19-11-12-20-27(18-9-4)22-14-24-28(29)23-13-21-26(16-7-2)17-8-3;1-4-6-7-8(3)5-2/h25-29H,6-24H2,1-5H3;8H,4-7H2,1-3H3. The Bertz CT molecular complexity index is 399. The Labute approximate surface area is 237 Å². The van der Waals surface area contributed by atoms with E-state index in [1.165, 1.54) is 135 Å². The molecule has 0 saturated carbocycles. The molecule has 1 N–H and O–H groups in total. The van der Waals surface area contributed by atoms with Gasteiger partial charge in [0.15, 0.2) is 0 Å². The van der Waals surface area contributed by atoms with Gasteiger partial charge in [-0.05, 0) is 36.5 Å². The summed E-state index contributed by atoms with van der Waals surface area (Å²) < 4.78 is 0. The molecular weight excluding hydrogens is 448 g/mol. The zero-order valence-corrected chi connectivity index (χ0v) is 27.6. The molecule has 0 aliphatic heterocycles. The van der Waals surface area contributed by atoms with E-state index in [2.05, 4.69) is 55.4 Å². The van der Waals surface area contributed by atoms with Gasteiger partial charge in [-0.3, -0.25) is 0 Å². The van der Waals surface area contributed by atoms with Gasteiger partial charge in [0, 0.05) is 0 Å². The van der Waals surface area contributed by atoms with Gasteiger partial charge in [0.05, 0.1) is 6.10 Å². The van der Waals surface area contributed by atoms with Crippen LogP contribution in [0.5, 0.6) is 0 Å². The molecule has 1 heteroatoms. The van der Waals surface area contributed by atoms with Crippen molar-refractivity contribution in [2.75, 3.05) is 0 Å². The highest BCUT2D eigenvalue weighted by Gasteiger charge is 2.12. The third-order valence-electron chi connectivity index (χ3n) is 8.89. The maximum absolute atomic E-state index is 10.4. The maximum Gasteiger partial charge on any atom is 0.0540 e. The fraction of sp³-hybridized carbons (Fsp3) is 1.00. The summed E-state index contributed by atoms with van der Waals surface area (Å²) in [5.41, 5.74) is 0. The minimum Gasteiger partial charge on any atom is -0.393 e. The molecule has 4 atom stereocenters. The first-order chi connectivity index (χ1) is 17.9. The van der Waals surface area contributed by atoms with Crippen LogP contribution >= 0.6 is 0 Å². The summed E-state index contributed by atoms with van der Waals surface area (Å²) in [4.78, 5) is 0. The number of hydrogen-bond donors (Lipinski definition) is 1. The second-order valence-corrected chi connectivity index (χ2v) is 12.6. The van der Waals surface area contributed by atoms with Gasteiger partial charge in [0.1, 0.15) is 0 Å². The van der Waals surface area contributed by atoms with Crippen molar-refractivity contribution in [3.8, 4) is 0 Å². The van der Waals surface area contributed by atoms with Crippen LogP contribution in [0.2, 0.25) is 0 Å². The number of rotatable bonds is 26. The summed E-state index contributed by atoms with van der Waals surface area (Å²) in [6, 6.07) is 0. The molecule has 0 aliphatic rings. The molecule has 0 aromatic heterocycles. The van der Waals surface area contributed by atoms with Crippen LogP contribution < -0.4 is 0 Å². The van der Waals surface area contributed by atoms with E-state index in [9.17, 15) is 5.11 Å². The maximum atomic E-state index is 10.4. The Hall–Kier alpha value is -0.0400. The number of hydrogen-bond acceptors (Lipinski definition) is 1. The fourth-order valence-corrected chi connectivity index (χ4v) is 6.10. The number of aliphatic hydroxyl groups excluding tert-OH is 1. The minimum absolute atomic E-state index is 0.0551. The molecule has 37 heavy (non-hydrogen) atoms. The monoisotopic (exact) mass is 525 g/mol. The predicted octanol–water partition coefficient (Wildman–Crippen LogP) is 12.9. The smallest absolute Gasteiger partial charge is 0.0540 e. The molecule has 4 unspecified atom stereocenters. The van der Waals surface area contributed by atoms with Crippen molar-refractivity contribution in [1.29, 1.82) is 0 Å². The predicted molar refractivity (Wildman–Crippen MR) is 172 cm³/mol. The first kappa shape index (κ1) is 39.1. The largest absolute Gasteiger partial charge is 0.393 e. The van der Waals surface area contributed by atoms with Crippen LogP contribution in [0.25, 0.3) is 0 Å². The normalized spacial score (nSPS) is 14.8. The molecule has 0 bridgehead atoms. The molecule has 0 aromatic rings. The molecule has 0 saturated heterocycles. The zero-order valence-electron chi connectivity index (χ0n) is 27.6. The lowest BCUT2D eigenvalue weighted by Gasteiger charge is -2.19. The average molecular weight is 525 g/mol. The van der Waals surface area contributed by atoms with Gasteiger partial charge in [-0.1, -0.05) is 190 Å². The van der Waals surface area contributed by atoms with E-state index in [1.807, 2.05) is 0 Å². The van der Waals surface area contributed by atoms with Crippen molar-refractivity contribution in [1.82, 2.24) is 0 Å². The summed E-state index contributed by atoms with van der Waals surface area (Å²) in [5.74, 6) is 3.72. The third kappa shape index (κ3) is 27.3. The van der Waals surface area contributed by atoms with Crippen molar-refractivity contribution in [3.63, 3.8) is 0 Å². The lowest BCUT2D eigenvalue weighted by Crippen LogP contribution is -2.09. The van der Waals surface area contributed by atoms with Gasteiger partial charge in [-0.15, -0.1) is 0 Å². The molecule has 0 aliphatic carbocycles. The third-order valence-corrected chi connectivity index (χ3v) is 8.89. The lowest BCUT2D eigenvalue weighted by molar-refractivity contribution is 0.142. The number of aliphatic hydroxyl groups is 1. The van der Waals surface area contributed by atoms with Crippen molar-refractivity contribution in [2.24, 2.45) is 23.7 Å². The van der Waals surface area contributed by atoms with Crippen LogP contribution in [0.1, 0.15) is 203 Å². The van der Waals surface area contributed by atoms with Crippen LogP contribution in [0, 0.1) is 23.7 Å². The van der Waals surface area contributed by atoms with E-state index in [1.54, 1.807) is 0 Å². The highest BCUT2D eigenvalue weighted by atomic mass is 16.3. The summed E-state index contributed by atoms with van der Waals surface area (Å²) >= 11 is 0. The van der Waals surface area contributed by atoms with Crippen molar-refractivity contribution < 1.29 is 5.11 Å². The van der Waals surface area contributed by atoms with Crippen molar-refractivity contribution >= 4 is 0 Å². The molecule has 0 amide bonds. The van der Waals surface area contributed by atoms with E-state index in [-0.39, 0.29) is 6.10 Å². The number of unbranched alkanes of at least 4 members (excludes halogenated alkanes) is 2.